The van der Waals surface area contributed by atoms with Gasteiger partial charge >= 0.3 is 0 Å². The summed E-state index contributed by atoms with van der Waals surface area (Å²) in [5.74, 6) is 0. The van der Waals surface area contributed by atoms with Gasteiger partial charge in [-0.15, -0.1) is 16.7 Å². The van der Waals surface area contributed by atoms with Crippen LogP contribution in [0.3, 0.4) is 0 Å². The van der Waals surface area contributed by atoms with Crippen molar-refractivity contribution < 1.29 is 0 Å². The summed E-state index contributed by atoms with van der Waals surface area (Å²) in [4.78, 5) is 0. The third kappa shape index (κ3) is 2.71. The molecule has 0 N–H and O–H groups in total. The van der Waals surface area contributed by atoms with E-state index < -0.39 is 0 Å². The summed E-state index contributed by atoms with van der Waals surface area (Å²) in [5.41, 5.74) is 0.950. The molecule has 1 aromatic rings. The lowest BCUT2D eigenvalue weighted by molar-refractivity contribution is 0.389. The largest absolute Gasteiger partial charge is 0.248 e. The molecule has 1 aromatic heterocycles. The minimum atomic E-state index is 0.149. The van der Waals surface area contributed by atoms with Gasteiger partial charge in [0.25, 0.3) is 0 Å². The van der Waals surface area contributed by atoms with Crippen molar-refractivity contribution in [3.63, 3.8) is 0 Å². The van der Waals surface area contributed by atoms with Crippen LogP contribution in [0.15, 0.2) is 6.20 Å². The SMILES string of the molecule is CCCC(C(Cl)CC)n1cc(C)nn1. The standard InChI is InChI=1S/C10H18ClN3/c1-4-6-10(9(11)5-2)14-7-8(3)12-13-14/h7,9-10H,4-6H2,1-3H3. The summed E-state index contributed by atoms with van der Waals surface area (Å²) in [7, 11) is 0. The average molecular weight is 216 g/mol. The molecule has 0 aliphatic rings. The van der Waals surface area contributed by atoms with Crippen molar-refractivity contribution in [3.05, 3.63) is 11.9 Å². The summed E-state index contributed by atoms with van der Waals surface area (Å²) in [5, 5.41) is 8.23. The van der Waals surface area contributed by atoms with Crippen molar-refractivity contribution in [2.24, 2.45) is 0 Å². The number of hydrogen-bond donors (Lipinski definition) is 0. The van der Waals surface area contributed by atoms with Crippen molar-refractivity contribution in [3.8, 4) is 0 Å². The zero-order valence-electron chi connectivity index (χ0n) is 9.07. The van der Waals surface area contributed by atoms with E-state index in [2.05, 4.69) is 24.2 Å². The fourth-order valence-electron chi connectivity index (χ4n) is 1.57. The second-order valence-electron chi connectivity index (χ2n) is 3.62. The molecule has 0 fully saturated rings. The number of alkyl halides is 1. The molecule has 1 heterocycles. The predicted octanol–water partition coefficient (Wildman–Crippen LogP) is 2.95. The molecule has 0 saturated carbocycles. The molecule has 14 heavy (non-hydrogen) atoms. The summed E-state index contributed by atoms with van der Waals surface area (Å²) >= 11 is 6.27. The summed E-state index contributed by atoms with van der Waals surface area (Å²) < 4.78 is 1.90. The molecule has 0 radical (unpaired) electrons. The van der Waals surface area contributed by atoms with Crippen molar-refractivity contribution >= 4 is 11.6 Å². The van der Waals surface area contributed by atoms with Crippen LogP contribution >= 0.6 is 11.6 Å². The van der Waals surface area contributed by atoms with Crippen LogP contribution in [-0.4, -0.2) is 20.4 Å². The van der Waals surface area contributed by atoms with Crippen LogP contribution in [-0.2, 0) is 0 Å². The first-order valence-electron chi connectivity index (χ1n) is 5.21. The van der Waals surface area contributed by atoms with Crippen molar-refractivity contribution in [2.75, 3.05) is 0 Å². The molecule has 0 aliphatic carbocycles. The maximum absolute atomic E-state index is 6.27. The van der Waals surface area contributed by atoms with Crippen molar-refractivity contribution in [1.82, 2.24) is 15.0 Å². The molecule has 2 unspecified atom stereocenters. The van der Waals surface area contributed by atoms with Gasteiger partial charge in [0.15, 0.2) is 0 Å². The second kappa shape index (κ2) is 5.35. The topological polar surface area (TPSA) is 30.7 Å². The number of halogens is 1. The van der Waals surface area contributed by atoms with Gasteiger partial charge in [-0.1, -0.05) is 25.5 Å². The Kier molecular flexibility index (Phi) is 4.39. The van der Waals surface area contributed by atoms with Gasteiger partial charge in [0.05, 0.1) is 17.1 Å². The molecule has 4 heteroatoms. The molecular weight excluding hydrogens is 198 g/mol. The van der Waals surface area contributed by atoms with Gasteiger partial charge in [0, 0.05) is 6.20 Å². The van der Waals surface area contributed by atoms with Gasteiger partial charge < -0.3 is 0 Å². The van der Waals surface area contributed by atoms with E-state index in [-0.39, 0.29) is 11.4 Å². The van der Waals surface area contributed by atoms with E-state index in [0.29, 0.717) is 0 Å². The average Bonchev–Trinajstić information content (AvgIpc) is 2.60. The molecule has 3 nitrogen and oxygen atoms in total. The Balaban J connectivity index is 2.76. The zero-order valence-corrected chi connectivity index (χ0v) is 9.83. The van der Waals surface area contributed by atoms with E-state index in [0.717, 1.165) is 25.0 Å². The molecule has 0 saturated heterocycles. The van der Waals surface area contributed by atoms with Gasteiger partial charge in [0.2, 0.25) is 0 Å². The maximum Gasteiger partial charge on any atom is 0.0796 e. The predicted molar refractivity (Wildman–Crippen MR) is 58.6 cm³/mol. The summed E-state index contributed by atoms with van der Waals surface area (Å²) in [6.07, 6.45) is 5.11. The number of aromatic nitrogens is 3. The fraction of sp³-hybridized carbons (Fsp3) is 0.800. The number of aryl methyl sites for hydroxylation is 1. The van der Waals surface area contributed by atoms with Gasteiger partial charge in [0.1, 0.15) is 0 Å². The Morgan fingerprint density at radius 3 is 2.64 bits per heavy atom. The van der Waals surface area contributed by atoms with E-state index in [1.807, 2.05) is 17.8 Å². The van der Waals surface area contributed by atoms with Crippen molar-refractivity contribution in [2.45, 2.75) is 51.5 Å². The smallest absolute Gasteiger partial charge is 0.0796 e. The number of rotatable bonds is 5. The van der Waals surface area contributed by atoms with Crippen LogP contribution in [0.2, 0.25) is 0 Å². The van der Waals surface area contributed by atoms with Crippen LogP contribution in [0, 0.1) is 6.92 Å². The van der Waals surface area contributed by atoms with Crippen molar-refractivity contribution in [1.29, 1.82) is 0 Å². The molecule has 2 atom stereocenters. The van der Waals surface area contributed by atoms with Crippen LogP contribution in [0.1, 0.15) is 44.8 Å². The van der Waals surface area contributed by atoms with E-state index in [9.17, 15) is 0 Å². The Hall–Kier alpha value is -0.570. The van der Waals surface area contributed by atoms with Crippen LogP contribution in [0.5, 0.6) is 0 Å². The Labute approximate surface area is 90.4 Å². The van der Waals surface area contributed by atoms with E-state index in [1.165, 1.54) is 0 Å². The molecule has 1 rings (SSSR count). The highest BCUT2D eigenvalue weighted by molar-refractivity contribution is 6.20. The highest BCUT2D eigenvalue weighted by atomic mass is 35.5. The molecule has 0 aliphatic heterocycles. The Morgan fingerprint density at radius 2 is 2.21 bits per heavy atom. The number of hydrogen-bond acceptors (Lipinski definition) is 2. The lowest BCUT2D eigenvalue weighted by atomic mass is 10.1. The van der Waals surface area contributed by atoms with E-state index >= 15 is 0 Å². The fourth-order valence-corrected chi connectivity index (χ4v) is 1.82. The molecule has 0 amide bonds. The molecule has 0 bridgehead atoms. The van der Waals surface area contributed by atoms with Gasteiger partial charge in [-0.25, -0.2) is 4.68 Å². The van der Waals surface area contributed by atoms with E-state index in [1.54, 1.807) is 0 Å². The monoisotopic (exact) mass is 215 g/mol. The Bertz CT molecular complexity index is 272. The van der Waals surface area contributed by atoms with Crippen LogP contribution in [0.4, 0.5) is 0 Å². The molecule has 0 aromatic carbocycles. The first kappa shape index (κ1) is 11.5. The third-order valence-electron chi connectivity index (χ3n) is 2.36. The molecule has 80 valence electrons. The second-order valence-corrected chi connectivity index (χ2v) is 4.18. The summed E-state index contributed by atoms with van der Waals surface area (Å²) in [6.45, 7) is 6.21. The van der Waals surface area contributed by atoms with Crippen LogP contribution in [0.25, 0.3) is 0 Å². The van der Waals surface area contributed by atoms with Gasteiger partial charge in [-0.3, -0.25) is 0 Å². The molecule has 0 spiro atoms. The lowest BCUT2D eigenvalue weighted by Gasteiger charge is -2.20. The summed E-state index contributed by atoms with van der Waals surface area (Å²) in [6, 6.07) is 0.285. The number of nitrogens with zero attached hydrogens (tertiary/aromatic N) is 3. The van der Waals surface area contributed by atoms with E-state index in [4.69, 9.17) is 11.6 Å². The van der Waals surface area contributed by atoms with Gasteiger partial charge in [-0.05, 0) is 19.8 Å². The minimum absolute atomic E-state index is 0.149. The minimum Gasteiger partial charge on any atom is -0.248 e. The first-order chi connectivity index (χ1) is 6.69. The highest BCUT2D eigenvalue weighted by Gasteiger charge is 2.19. The van der Waals surface area contributed by atoms with Crippen LogP contribution < -0.4 is 0 Å². The van der Waals surface area contributed by atoms with Gasteiger partial charge in [-0.2, -0.15) is 0 Å². The lowest BCUT2D eigenvalue weighted by Crippen LogP contribution is -2.20. The normalized spacial score (nSPS) is 15.4. The molecular formula is C10H18ClN3. The first-order valence-corrected chi connectivity index (χ1v) is 5.65. The third-order valence-corrected chi connectivity index (χ3v) is 2.96. The Morgan fingerprint density at radius 1 is 1.50 bits per heavy atom. The highest BCUT2D eigenvalue weighted by Crippen LogP contribution is 2.24. The zero-order chi connectivity index (χ0) is 10.6. The quantitative estimate of drug-likeness (QED) is 0.708. The maximum atomic E-state index is 6.27.